The van der Waals surface area contributed by atoms with Crippen molar-refractivity contribution in [3.05, 3.63) is 22.5 Å². The predicted molar refractivity (Wildman–Crippen MR) is 51.5 cm³/mol. The monoisotopic (exact) mass is 163 g/mol. The smallest absolute Gasteiger partial charge is 0.0184 e. The van der Waals surface area contributed by atoms with E-state index >= 15 is 0 Å². The van der Waals surface area contributed by atoms with E-state index in [-0.39, 0.29) is 0 Å². The molecule has 1 nitrogen and oxygen atoms in total. The number of hydrogen-bond acceptors (Lipinski definition) is 0. The summed E-state index contributed by atoms with van der Waals surface area (Å²) in [7, 11) is 0. The van der Waals surface area contributed by atoms with Crippen molar-refractivity contribution in [3.8, 4) is 0 Å². The summed E-state index contributed by atoms with van der Waals surface area (Å²) in [5.74, 6) is 0. The molecule has 0 fully saturated rings. The fraction of sp³-hybridized carbons (Fsp3) is 0.636. The van der Waals surface area contributed by atoms with Gasteiger partial charge in [-0.25, -0.2) is 0 Å². The van der Waals surface area contributed by atoms with Crippen LogP contribution in [0.4, 0.5) is 0 Å². The summed E-state index contributed by atoms with van der Waals surface area (Å²) in [5.41, 5.74) is 6.02. The SMILES string of the molecule is Cc1[nH]c2c(c1C)CCCCC2. The van der Waals surface area contributed by atoms with E-state index in [9.17, 15) is 0 Å². The van der Waals surface area contributed by atoms with Crippen molar-refractivity contribution in [2.24, 2.45) is 0 Å². The van der Waals surface area contributed by atoms with Gasteiger partial charge in [-0.05, 0) is 50.7 Å². The number of aryl methyl sites for hydroxylation is 2. The molecule has 0 bridgehead atoms. The first kappa shape index (κ1) is 7.90. The van der Waals surface area contributed by atoms with Crippen molar-refractivity contribution in [2.75, 3.05) is 0 Å². The minimum absolute atomic E-state index is 1.27. The van der Waals surface area contributed by atoms with Crippen LogP contribution in [0.2, 0.25) is 0 Å². The molecule has 0 aromatic carbocycles. The average molecular weight is 163 g/mol. The molecular weight excluding hydrogens is 146 g/mol. The first-order valence-corrected chi connectivity index (χ1v) is 4.96. The van der Waals surface area contributed by atoms with Gasteiger partial charge in [0.25, 0.3) is 0 Å². The second-order valence-electron chi connectivity index (χ2n) is 3.89. The van der Waals surface area contributed by atoms with Crippen LogP contribution in [0.3, 0.4) is 0 Å². The Labute approximate surface area is 74.2 Å². The van der Waals surface area contributed by atoms with E-state index in [0.29, 0.717) is 0 Å². The lowest BCUT2D eigenvalue weighted by molar-refractivity contribution is 0.705. The van der Waals surface area contributed by atoms with Crippen molar-refractivity contribution in [3.63, 3.8) is 0 Å². The number of aromatic amines is 1. The van der Waals surface area contributed by atoms with Crippen LogP contribution in [0.5, 0.6) is 0 Å². The fourth-order valence-corrected chi connectivity index (χ4v) is 2.18. The van der Waals surface area contributed by atoms with Gasteiger partial charge < -0.3 is 4.98 Å². The maximum Gasteiger partial charge on any atom is 0.0184 e. The summed E-state index contributed by atoms with van der Waals surface area (Å²) >= 11 is 0. The molecule has 1 heteroatoms. The van der Waals surface area contributed by atoms with Gasteiger partial charge in [0, 0.05) is 11.4 Å². The largest absolute Gasteiger partial charge is 0.362 e. The highest BCUT2D eigenvalue weighted by Crippen LogP contribution is 2.24. The second-order valence-corrected chi connectivity index (χ2v) is 3.89. The Morgan fingerprint density at radius 2 is 1.75 bits per heavy atom. The highest BCUT2D eigenvalue weighted by Gasteiger charge is 2.13. The van der Waals surface area contributed by atoms with E-state index < -0.39 is 0 Å². The van der Waals surface area contributed by atoms with Crippen LogP contribution in [-0.2, 0) is 12.8 Å². The molecule has 0 aliphatic heterocycles. The van der Waals surface area contributed by atoms with Gasteiger partial charge in [0.05, 0.1) is 0 Å². The molecule has 0 unspecified atom stereocenters. The highest BCUT2D eigenvalue weighted by atomic mass is 14.7. The Balaban J connectivity index is 2.42. The number of nitrogens with one attached hydrogen (secondary N) is 1. The maximum atomic E-state index is 3.50. The molecule has 1 aliphatic rings. The Morgan fingerprint density at radius 3 is 2.58 bits per heavy atom. The van der Waals surface area contributed by atoms with Crippen LogP contribution < -0.4 is 0 Å². The minimum Gasteiger partial charge on any atom is -0.362 e. The van der Waals surface area contributed by atoms with Crippen molar-refractivity contribution in [1.29, 1.82) is 0 Å². The van der Waals surface area contributed by atoms with E-state index in [1.807, 2.05) is 0 Å². The highest BCUT2D eigenvalue weighted by molar-refractivity contribution is 5.36. The summed E-state index contributed by atoms with van der Waals surface area (Å²) in [6, 6.07) is 0. The van der Waals surface area contributed by atoms with Gasteiger partial charge in [-0.1, -0.05) is 6.42 Å². The molecule has 1 aliphatic carbocycles. The normalized spacial score (nSPS) is 17.2. The molecule has 12 heavy (non-hydrogen) atoms. The summed E-state index contributed by atoms with van der Waals surface area (Å²) in [5, 5.41) is 0. The zero-order valence-corrected chi connectivity index (χ0v) is 8.04. The molecule has 1 aromatic rings. The number of aromatic nitrogens is 1. The van der Waals surface area contributed by atoms with E-state index in [2.05, 4.69) is 18.8 Å². The molecule has 0 saturated heterocycles. The molecule has 66 valence electrons. The second kappa shape index (κ2) is 2.96. The molecule has 0 saturated carbocycles. The third-order valence-corrected chi connectivity index (χ3v) is 3.07. The van der Waals surface area contributed by atoms with Crippen molar-refractivity contribution < 1.29 is 0 Å². The number of hydrogen-bond donors (Lipinski definition) is 1. The first-order chi connectivity index (χ1) is 5.79. The number of fused-ring (bicyclic) bond motifs is 1. The standard InChI is InChI=1S/C11H17N/c1-8-9(2)12-11-7-5-3-4-6-10(8)11/h12H,3-7H2,1-2H3. The molecule has 0 spiro atoms. The zero-order valence-electron chi connectivity index (χ0n) is 8.04. The molecule has 1 aromatic heterocycles. The maximum absolute atomic E-state index is 3.50. The van der Waals surface area contributed by atoms with E-state index in [1.165, 1.54) is 49.1 Å². The average Bonchev–Trinajstić information content (AvgIpc) is 2.30. The van der Waals surface area contributed by atoms with Crippen LogP contribution in [0.15, 0.2) is 0 Å². The Hall–Kier alpha value is -0.720. The van der Waals surface area contributed by atoms with Crippen LogP contribution in [-0.4, -0.2) is 4.98 Å². The minimum atomic E-state index is 1.27. The lowest BCUT2D eigenvalue weighted by atomic mass is 10.1. The topological polar surface area (TPSA) is 15.8 Å². The van der Waals surface area contributed by atoms with Crippen LogP contribution in [0.25, 0.3) is 0 Å². The Kier molecular flexibility index (Phi) is 1.95. The molecular formula is C11H17N. The van der Waals surface area contributed by atoms with Gasteiger partial charge in [0.1, 0.15) is 0 Å². The summed E-state index contributed by atoms with van der Waals surface area (Å²) < 4.78 is 0. The van der Waals surface area contributed by atoms with Gasteiger partial charge in [-0.15, -0.1) is 0 Å². The summed E-state index contributed by atoms with van der Waals surface area (Å²) in [6.45, 7) is 4.43. The summed E-state index contributed by atoms with van der Waals surface area (Å²) in [6.07, 6.45) is 6.72. The van der Waals surface area contributed by atoms with Gasteiger partial charge in [-0.3, -0.25) is 0 Å². The van der Waals surface area contributed by atoms with Crippen molar-refractivity contribution >= 4 is 0 Å². The van der Waals surface area contributed by atoms with E-state index in [0.717, 1.165) is 0 Å². The van der Waals surface area contributed by atoms with Gasteiger partial charge in [-0.2, -0.15) is 0 Å². The van der Waals surface area contributed by atoms with Gasteiger partial charge in [0.15, 0.2) is 0 Å². The predicted octanol–water partition coefficient (Wildman–Crippen LogP) is 2.90. The van der Waals surface area contributed by atoms with Gasteiger partial charge in [0.2, 0.25) is 0 Å². The third kappa shape index (κ3) is 1.17. The summed E-state index contributed by atoms with van der Waals surface area (Å²) in [4.78, 5) is 3.50. The van der Waals surface area contributed by atoms with Crippen LogP contribution >= 0.6 is 0 Å². The molecule has 0 amide bonds. The molecule has 1 N–H and O–H groups in total. The number of H-pyrrole nitrogens is 1. The zero-order chi connectivity index (χ0) is 8.55. The first-order valence-electron chi connectivity index (χ1n) is 4.96. The third-order valence-electron chi connectivity index (χ3n) is 3.07. The molecule has 1 heterocycles. The Morgan fingerprint density at radius 1 is 1.00 bits per heavy atom. The van der Waals surface area contributed by atoms with Crippen molar-refractivity contribution in [2.45, 2.75) is 46.0 Å². The lowest BCUT2D eigenvalue weighted by Gasteiger charge is -1.97. The quantitative estimate of drug-likeness (QED) is 0.566. The van der Waals surface area contributed by atoms with E-state index in [4.69, 9.17) is 0 Å². The van der Waals surface area contributed by atoms with E-state index in [1.54, 1.807) is 5.56 Å². The molecule has 0 atom stereocenters. The van der Waals surface area contributed by atoms with Crippen LogP contribution in [0, 0.1) is 13.8 Å². The molecule has 2 rings (SSSR count). The molecule has 0 radical (unpaired) electrons. The van der Waals surface area contributed by atoms with Crippen molar-refractivity contribution in [1.82, 2.24) is 4.98 Å². The number of rotatable bonds is 0. The lowest BCUT2D eigenvalue weighted by Crippen LogP contribution is -1.87. The fourth-order valence-electron chi connectivity index (χ4n) is 2.18. The van der Waals surface area contributed by atoms with Gasteiger partial charge >= 0.3 is 0 Å². The Bertz CT molecular complexity index is 283. The van der Waals surface area contributed by atoms with Crippen LogP contribution in [0.1, 0.15) is 41.8 Å².